The number of rotatable bonds is 4. The van der Waals surface area contributed by atoms with Crippen LogP contribution in [0.25, 0.3) is 0 Å². The zero-order valence-corrected chi connectivity index (χ0v) is 14.0. The maximum atomic E-state index is 12.6. The molecule has 4 rings (SSSR count). The van der Waals surface area contributed by atoms with Gasteiger partial charge in [0.2, 0.25) is 12.7 Å². The molecule has 0 aliphatic carbocycles. The Labute approximate surface area is 147 Å². The maximum Gasteiger partial charge on any atom is 0.231 e. The molecule has 2 aromatic carbocycles. The molecule has 5 heteroatoms. The number of carbonyl (C=O) groups is 1. The summed E-state index contributed by atoms with van der Waals surface area (Å²) in [5.41, 5.74) is 2.21. The van der Waals surface area contributed by atoms with Gasteiger partial charge in [-0.3, -0.25) is 4.79 Å². The van der Waals surface area contributed by atoms with Crippen LogP contribution in [0.5, 0.6) is 11.5 Å². The fraction of sp³-hybridized carbons (Fsp3) is 0.350. The standard InChI is InChI=1S/C20H21NO4/c22-20(9-7-15-6-8-17-18(12-15)25-14-24-17)21-10-11-23-19(13-21)16-4-2-1-3-5-16/h1-6,8,12,19H,7,9-11,13-14H2. The van der Waals surface area contributed by atoms with E-state index < -0.39 is 0 Å². The summed E-state index contributed by atoms with van der Waals surface area (Å²) in [5.74, 6) is 1.70. The van der Waals surface area contributed by atoms with Gasteiger partial charge in [-0.1, -0.05) is 36.4 Å². The number of hydrogen-bond donors (Lipinski definition) is 0. The average Bonchev–Trinajstić information content (AvgIpc) is 3.15. The van der Waals surface area contributed by atoms with Gasteiger partial charge in [0.05, 0.1) is 13.2 Å². The molecule has 2 aromatic rings. The van der Waals surface area contributed by atoms with Crippen molar-refractivity contribution in [3.63, 3.8) is 0 Å². The van der Waals surface area contributed by atoms with Gasteiger partial charge in [0.15, 0.2) is 11.5 Å². The molecule has 1 atom stereocenters. The van der Waals surface area contributed by atoms with Crippen molar-refractivity contribution in [3.8, 4) is 11.5 Å². The lowest BCUT2D eigenvalue weighted by Gasteiger charge is -2.33. The molecule has 1 saturated heterocycles. The summed E-state index contributed by atoms with van der Waals surface area (Å²) in [6.07, 6.45) is 1.15. The highest BCUT2D eigenvalue weighted by atomic mass is 16.7. The molecule has 0 spiro atoms. The van der Waals surface area contributed by atoms with Crippen molar-refractivity contribution >= 4 is 5.91 Å². The fourth-order valence-corrected chi connectivity index (χ4v) is 3.25. The van der Waals surface area contributed by atoms with Crippen molar-refractivity contribution in [1.82, 2.24) is 4.90 Å². The largest absolute Gasteiger partial charge is 0.454 e. The van der Waals surface area contributed by atoms with Crippen molar-refractivity contribution in [2.24, 2.45) is 0 Å². The van der Waals surface area contributed by atoms with Gasteiger partial charge in [-0.05, 0) is 29.7 Å². The van der Waals surface area contributed by atoms with Crippen LogP contribution in [0.1, 0.15) is 23.7 Å². The number of aryl methyl sites for hydroxylation is 1. The van der Waals surface area contributed by atoms with Gasteiger partial charge in [-0.2, -0.15) is 0 Å². The van der Waals surface area contributed by atoms with Crippen molar-refractivity contribution in [1.29, 1.82) is 0 Å². The van der Waals surface area contributed by atoms with Crippen LogP contribution in [-0.4, -0.2) is 37.3 Å². The number of amides is 1. The SMILES string of the molecule is O=C(CCc1ccc2c(c1)OCO2)N1CCOC(c2ccccc2)C1. The number of hydrogen-bond acceptors (Lipinski definition) is 4. The molecule has 2 aliphatic heterocycles. The van der Waals surface area contributed by atoms with Crippen LogP contribution in [-0.2, 0) is 16.0 Å². The van der Waals surface area contributed by atoms with Crippen molar-refractivity contribution in [3.05, 3.63) is 59.7 Å². The number of benzene rings is 2. The smallest absolute Gasteiger partial charge is 0.231 e. The minimum Gasteiger partial charge on any atom is -0.454 e. The molecule has 1 amide bonds. The Morgan fingerprint density at radius 3 is 2.80 bits per heavy atom. The second-order valence-electron chi connectivity index (χ2n) is 6.30. The minimum atomic E-state index is -0.0376. The van der Waals surface area contributed by atoms with E-state index in [0.29, 0.717) is 32.5 Å². The molecule has 130 valence electrons. The third-order valence-electron chi connectivity index (χ3n) is 4.66. The highest BCUT2D eigenvalue weighted by Crippen LogP contribution is 2.32. The molecular formula is C20H21NO4. The first kappa shape index (κ1) is 16.0. The predicted molar refractivity (Wildman–Crippen MR) is 92.6 cm³/mol. The molecule has 1 fully saturated rings. The number of fused-ring (bicyclic) bond motifs is 1. The number of nitrogens with zero attached hydrogens (tertiary/aromatic N) is 1. The quantitative estimate of drug-likeness (QED) is 0.859. The van der Waals surface area contributed by atoms with E-state index in [1.807, 2.05) is 53.4 Å². The Bertz CT molecular complexity index is 747. The second-order valence-corrected chi connectivity index (χ2v) is 6.30. The van der Waals surface area contributed by atoms with Crippen LogP contribution in [0.2, 0.25) is 0 Å². The third kappa shape index (κ3) is 3.61. The zero-order valence-electron chi connectivity index (χ0n) is 14.0. The molecule has 0 radical (unpaired) electrons. The van der Waals surface area contributed by atoms with E-state index in [1.165, 1.54) is 0 Å². The molecule has 0 N–H and O–H groups in total. The topological polar surface area (TPSA) is 48.0 Å². The van der Waals surface area contributed by atoms with Gasteiger partial charge in [0, 0.05) is 13.0 Å². The lowest BCUT2D eigenvalue weighted by molar-refractivity contribution is -0.139. The number of carbonyl (C=O) groups excluding carboxylic acids is 1. The monoisotopic (exact) mass is 339 g/mol. The van der Waals surface area contributed by atoms with Crippen LogP contribution >= 0.6 is 0 Å². The Morgan fingerprint density at radius 1 is 1.08 bits per heavy atom. The lowest BCUT2D eigenvalue weighted by atomic mass is 10.1. The van der Waals surface area contributed by atoms with Crippen LogP contribution in [0, 0.1) is 0 Å². The zero-order chi connectivity index (χ0) is 17.1. The van der Waals surface area contributed by atoms with Crippen molar-refractivity contribution < 1.29 is 19.0 Å². The molecule has 0 saturated carbocycles. The normalized spacial score (nSPS) is 19.0. The van der Waals surface area contributed by atoms with Crippen LogP contribution in [0.15, 0.2) is 48.5 Å². The predicted octanol–water partition coefficient (Wildman–Crippen LogP) is 2.95. The van der Waals surface area contributed by atoms with Gasteiger partial charge < -0.3 is 19.1 Å². The minimum absolute atomic E-state index is 0.0376. The van der Waals surface area contributed by atoms with E-state index in [4.69, 9.17) is 14.2 Å². The molecule has 0 bridgehead atoms. The molecular weight excluding hydrogens is 318 g/mol. The molecule has 1 unspecified atom stereocenters. The summed E-state index contributed by atoms with van der Waals surface area (Å²) in [5, 5.41) is 0. The van der Waals surface area contributed by atoms with Gasteiger partial charge in [0.25, 0.3) is 0 Å². The average molecular weight is 339 g/mol. The first-order chi connectivity index (χ1) is 12.3. The lowest BCUT2D eigenvalue weighted by Crippen LogP contribution is -2.42. The fourth-order valence-electron chi connectivity index (χ4n) is 3.25. The Hall–Kier alpha value is -2.53. The van der Waals surface area contributed by atoms with Crippen molar-refractivity contribution in [2.45, 2.75) is 18.9 Å². The second kappa shape index (κ2) is 7.15. The summed E-state index contributed by atoms with van der Waals surface area (Å²) < 4.78 is 16.5. The van der Waals surface area contributed by atoms with E-state index in [9.17, 15) is 4.79 Å². The Morgan fingerprint density at radius 2 is 1.92 bits per heavy atom. The van der Waals surface area contributed by atoms with Crippen LogP contribution < -0.4 is 9.47 Å². The van der Waals surface area contributed by atoms with Gasteiger partial charge in [-0.15, -0.1) is 0 Å². The molecule has 5 nitrogen and oxygen atoms in total. The highest BCUT2D eigenvalue weighted by Gasteiger charge is 2.25. The highest BCUT2D eigenvalue weighted by molar-refractivity contribution is 5.76. The number of morpholine rings is 1. The summed E-state index contributed by atoms with van der Waals surface area (Å²) in [6, 6.07) is 15.9. The molecule has 2 heterocycles. The third-order valence-corrected chi connectivity index (χ3v) is 4.66. The first-order valence-electron chi connectivity index (χ1n) is 8.62. The van der Waals surface area contributed by atoms with Gasteiger partial charge >= 0.3 is 0 Å². The molecule has 2 aliphatic rings. The summed E-state index contributed by atoms with van der Waals surface area (Å²) >= 11 is 0. The maximum absolute atomic E-state index is 12.6. The van der Waals surface area contributed by atoms with E-state index in [0.717, 1.165) is 22.6 Å². The van der Waals surface area contributed by atoms with E-state index in [1.54, 1.807) is 0 Å². The van der Waals surface area contributed by atoms with E-state index >= 15 is 0 Å². The summed E-state index contributed by atoms with van der Waals surface area (Å²) in [7, 11) is 0. The molecule has 0 aromatic heterocycles. The van der Waals surface area contributed by atoms with Crippen LogP contribution in [0.4, 0.5) is 0 Å². The van der Waals surface area contributed by atoms with Gasteiger partial charge in [0.1, 0.15) is 6.10 Å². The van der Waals surface area contributed by atoms with Crippen molar-refractivity contribution in [2.75, 3.05) is 26.5 Å². The first-order valence-corrected chi connectivity index (χ1v) is 8.62. The van der Waals surface area contributed by atoms with Crippen LogP contribution in [0.3, 0.4) is 0 Å². The Kier molecular flexibility index (Phi) is 4.57. The van der Waals surface area contributed by atoms with E-state index in [2.05, 4.69) is 0 Å². The Balaban J connectivity index is 1.34. The number of ether oxygens (including phenoxy) is 3. The summed E-state index contributed by atoms with van der Waals surface area (Å²) in [6.45, 7) is 2.12. The van der Waals surface area contributed by atoms with Gasteiger partial charge in [-0.25, -0.2) is 0 Å². The summed E-state index contributed by atoms with van der Waals surface area (Å²) in [4.78, 5) is 14.5. The van der Waals surface area contributed by atoms with E-state index in [-0.39, 0.29) is 18.8 Å². The molecule has 25 heavy (non-hydrogen) atoms.